The number of nitrogens with one attached hydrogen (secondary N) is 1. The monoisotopic (exact) mass is 578 g/mol. The van der Waals surface area contributed by atoms with Crippen LogP contribution in [-0.4, -0.2) is 59.5 Å². The van der Waals surface area contributed by atoms with Crippen LogP contribution in [0.15, 0.2) is 12.3 Å². The van der Waals surface area contributed by atoms with Crippen LogP contribution < -0.4 is 5.32 Å². The maximum absolute atomic E-state index is 12.8. The SMILES string of the molecule is CCOC(=O)C(O)C(OC(=O)c1cc(NCCCCCCCCCCCCCC2CCCC2)cn1C)C(=O)OCC. The number of aromatic nitrogens is 1. The number of hydrogen-bond donors (Lipinski definition) is 2. The van der Waals surface area contributed by atoms with E-state index in [1.54, 1.807) is 37.7 Å². The number of ether oxygens (including phenoxy) is 3. The molecule has 1 aliphatic carbocycles. The van der Waals surface area contributed by atoms with E-state index in [1.807, 2.05) is 0 Å². The van der Waals surface area contributed by atoms with E-state index >= 15 is 0 Å². The number of carbonyl (C=O) groups excluding carboxylic acids is 3. The van der Waals surface area contributed by atoms with Crippen molar-refractivity contribution in [2.75, 3.05) is 25.1 Å². The zero-order valence-electron chi connectivity index (χ0n) is 25.7. The molecule has 0 radical (unpaired) electrons. The minimum atomic E-state index is -1.98. The molecular weight excluding hydrogens is 524 g/mol. The zero-order chi connectivity index (χ0) is 29.9. The molecule has 2 N–H and O–H groups in total. The van der Waals surface area contributed by atoms with Crippen molar-refractivity contribution in [3.8, 4) is 0 Å². The van der Waals surface area contributed by atoms with Gasteiger partial charge in [0.25, 0.3) is 0 Å². The Morgan fingerprint density at radius 2 is 1.41 bits per heavy atom. The Morgan fingerprint density at radius 3 is 2.00 bits per heavy atom. The Labute approximate surface area is 246 Å². The molecule has 9 nitrogen and oxygen atoms in total. The maximum atomic E-state index is 12.8. The number of unbranched alkanes of at least 4 members (excludes halogenated alkanes) is 10. The molecule has 234 valence electrons. The topological polar surface area (TPSA) is 116 Å². The molecule has 1 aromatic rings. The smallest absolute Gasteiger partial charge is 0.355 e. The summed E-state index contributed by atoms with van der Waals surface area (Å²) in [5.74, 6) is -1.89. The fraction of sp³-hybridized carbons (Fsp3) is 0.781. The number of anilines is 1. The van der Waals surface area contributed by atoms with Gasteiger partial charge in [-0.3, -0.25) is 0 Å². The first-order valence-electron chi connectivity index (χ1n) is 16.0. The average molecular weight is 579 g/mol. The Balaban J connectivity index is 1.59. The lowest BCUT2D eigenvalue weighted by Gasteiger charge is -2.20. The number of esters is 3. The van der Waals surface area contributed by atoms with Gasteiger partial charge in [-0.05, 0) is 32.3 Å². The molecule has 2 atom stereocenters. The van der Waals surface area contributed by atoms with Crippen molar-refractivity contribution in [2.24, 2.45) is 13.0 Å². The van der Waals surface area contributed by atoms with E-state index in [9.17, 15) is 19.5 Å². The molecular formula is C32H54N2O7. The van der Waals surface area contributed by atoms with E-state index in [2.05, 4.69) is 5.32 Å². The van der Waals surface area contributed by atoms with Crippen molar-refractivity contribution >= 4 is 23.6 Å². The van der Waals surface area contributed by atoms with Gasteiger partial charge in [-0.1, -0.05) is 96.3 Å². The fourth-order valence-corrected chi connectivity index (χ4v) is 5.54. The molecule has 0 bridgehead atoms. The first-order chi connectivity index (χ1) is 19.9. The lowest BCUT2D eigenvalue weighted by Crippen LogP contribution is -2.45. The Bertz CT molecular complexity index is 895. The number of hydrogen-bond acceptors (Lipinski definition) is 8. The molecule has 0 amide bonds. The van der Waals surface area contributed by atoms with Crippen molar-refractivity contribution in [1.29, 1.82) is 0 Å². The van der Waals surface area contributed by atoms with Crippen LogP contribution in [0.4, 0.5) is 5.69 Å². The minimum absolute atomic E-state index is 0.000936. The van der Waals surface area contributed by atoms with Crippen molar-refractivity contribution < 1.29 is 33.7 Å². The highest BCUT2D eigenvalue weighted by atomic mass is 16.6. The molecule has 1 saturated carbocycles. The minimum Gasteiger partial charge on any atom is -0.464 e. The predicted octanol–water partition coefficient (Wildman–Crippen LogP) is 6.32. The zero-order valence-corrected chi connectivity index (χ0v) is 25.7. The van der Waals surface area contributed by atoms with E-state index in [4.69, 9.17) is 14.2 Å². The van der Waals surface area contributed by atoms with E-state index in [-0.39, 0.29) is 18.9 Å². The van der Waals surface area contributed by atoms with Crippen molar-refractivity contribution in [1.82, 2.24) is 4.57 Å². The molecule has 1 aliphatic rings. The van der Waals surface area contributed by atoms with Crippen LogP contribution in [0.25, 0.3) is 0 Å². The molecule has 9 heteroatoms. The molecule has 1 fully saturated rings. The van der Waals surface area contributed by atoms with Gasteiger partial charge in [0.1, 0.15) is 5.69 Å². The Morgan fingerprint density at radius 1 is 0.878 bits per heavy atom. The van der Waals surface area contributed by atoms with Gasteiger partial charge in [-0.15, -0.1) is 0 Å². The standard InChI is InChI=1S/C32H54N2O7/c1-4-39-31(37)28(35)29(32(38)40-5-2)41-30(36)27-23-26(24-34(27)3)33-22-18-14-12-10-8-6-7-9-11-13-15-19-25-20-16-17-21-25/h23-25,28-29,33,35H,4-22H2,1-3H3. The number of aliphatic hydroxyl groups excluding tert-OH is 1. The van der Waals surface area contributed by atoms with Crippen LogP contribution in [0.1, 0.15) is 127 Å². The van der Waals surface area contributed by atoms with Crippen LogP contribution in [0, 0.1) is 5.92 Å². The van der Waals surface area contributed by atoms with Gasteiger partial charge in [0.2, 0.25) is 6.10 Å². The van der Waals surface area contributed by atoms with Gasteiger partial charge in [0.05, 0.1) is 18.9 Å². The van der Waals surface area contributed by atoms with E-state index < -0.39 is 30.1 Å². The third-order valence-electron chi connectivity index (χ3n) is 7.87. The Kier molecular flexibility index (Phi) is 17.2. The summed E-state index contributed by atoms with van der Waals surface area (Å²) >= 11 is 0. The molecule has 1 aromatic heterocycles. The number of nitrogens with zero attached hydrogens (tertiary/aromatic N) is 1. The lowest BCUT2D eigenvalue weighted by molar-refractivity contribution is -0.173. The molecule has 0 saturated heterocycles. The molecule has 1 heterocycles. The second-order valence-electron chi connectivity index (χ2n) is 11.3. The highest BCUT2D eigenvalue weighted by Crippen LogP contribution is 2.29. The summed E-state index contributed by atoms with van der Waals surface area (Å²) in [4.78, 5) is 37.0. The largest absolute Gasteiger partial charge is 0.464 e. The predicted molar refractivity (Wildman–Crippen MR) is 160 cm³/mol. The van der Waals surface area contributed by atoms with Crippen LogP contribution in [0.5, 0.6) is 0 Å². The quantitative estimate of drug-likeness (QED) is 0.0933. The van der Waals surface area contributed by atoms with Gasteiger partial charge in [0.15, 0.2) is 6.10 Å². The average Bonchev–Trinajstić information content (AvgIpc) is 3.61. The summed E-state index contributed by atoms with van der Waals surface area (Å²) in [7, 11) is 1.68. The van der Waals surface area contributed by atoms with Gasteiger partial charge in [-0.25, -0.2) is 14.4 Å². The molecule has 0 aromatic carbocycles. The van der Waals surface area contributed by atoms with Crippen molar-refractivity contribution in [2.45, 2.75) is 129 Å². The Hall–Kier alpha value is -2.55. The van der Waals surface area contributed by atoms with Crippen LogP contribution in [0.3, 0.4) is 0 Å². The molecule has 0 aliphatic heterocycles. The summed E-state index contributed by atoms with van der Waals surface area (Å²) in [6.07, 6.45) is 19.7. The number of aliphatic hydroxyl groups is 1. The summed E-state index contributed by atoms with van der Waals surface area (Å²) in [6.45, 7) is 3.93. The highest BCUT2D eigenvalue weighted by Gasteiger charge is 2.38. The van der Waals surface area contributed by atoms with Crippen molar-refractivity contribution in [3.05, 3.63) is 18.0 Å². The van der Waals surface area contributed by atoms with Crippen LogP contribution in [0.2, 0.25) is 0 Å². The number of rotatable bonds is 22. The summed E-state index contributed by atoms with van der Waals surface area (Å²) in [5.41, 5.74) is 0.924. The van der Waals surface area contributed by atoms with E-state index in [0.717, 1.165) is 31.0 Å². The van der Waals surface area contributed by atoms with Gasteiger partial charge >= 0.3 is 17.9 Å². The molecule has 41 heavy (non-hydrogen) atoms. The highest BCUT2D eigenvalue weighted by molar-refractivity contribution is 5.93. The summed E-state index contributed by atoms with van der Waals surface area (Å²) in [5, 5.41) is 13.5. The van der Waals surface area contributed by atoms with E-state index in [0.29, 0.717) is 0 Å². The normalized spacial score (nSPS) is 14.9. The van der Waals surface area contributed by atoms with Crippen LogP contribution in [-0.2, 0) is 30.8 Å². The second kappa shape index (κ2) is 20.3. The van der Waals surface area contributed by atoms with Crippen molar-refractivity contribution in [3.63, 3.8) is 0 Å². The first kappa shape index (κ1) is 34.7. The van der Waals surface area contributed by atoms with Gasteiger partial charge < -0.3 is 29.2 Å². The van der Waals surface area contributed by atoms with Gasteiger partial charge in [0, 0.05) is 19.8 Å². The second-order valence-corrected chi connectivity index (χ2v) is 11.3. The molecule has 2 unspecified atom stereocenters. The number of aryl methyl sites for hydroxylation is 1. The summed E-state index contributed by atoms with van der Waals surface area (Å²) < 4.78 is 16.4. The third kappa shape index (κ3) is 13.3. The lowest BCUT2D eigenvalue weighted by atomic mass is 9.99. The van der Waals surface area contributed by atoms with E-state index in [1.165, 1.54) is 89.9 Å². The molecule has 0 spiro atoms. The maximum Gasteiger partial charge on any atom is 0.355 e. The van der Waals surface area contributed by atoms with Gasteiger partial charge in [-0.2, -0.15) is 0 Å². The first-order valence-corrected chi connectivity index (χ1v) is 16.0. The van der Waals surface area contributed by atoms with Crippen LogP contribution >= 0.6 is 0 Å². The number of carbonyl (C=O) groups is 3. The fourth-order valence-electron chi connectivity index (χ4n) is 5.54. The third-order valence-corrected chi connectivity index (χ3v) is 7.87. The molecule has 2 rings (SSSR count). The summed E-state index contributed by atoms with van der Waals surface area (Å²) in [6, 6.07) is 1.62.